The molecule has 0 fully saturated rings. The summed E-state index contributed by atoms with van der Waals surface area (Å²) in [5, 5.41) is 12.5. The zero-order chi connectivity index (χ0) is 22.8. The molecule has 0 aliphatic heterocycles. The topological polar surface area (TPSA) is 98.5 Å². The van der Waals surface area contributed by atoms with Gasteiger partial charge in [-0.15, -0.1) is 0 Å². The van der Waals surface area contributed by atoms with Gasteiger partial charge in [0.05, 0.1) is 28.3 Å². The van der Waals surface area contributed by atoms with Crippen LogP contribution in [-0.4, -0.2) is 27.9 Å². The van der Waals surface area contributed by atoms with Gasteiger partial charge in [-0.2, -0.15) is 0 Å². The van der Waals surface area contributed by atoms with E-state index in [2.05, 4.69) is 9.97 Å². The zero-order valence-electron chi connectivity index (χ0n) is 16.5. The van der Waals surface area contributed by atoms with Crippen LogP contribution in [0.25, 0.3) is 10.2 Å². The first kappa shape index (κ1) is 21.9. The number of nitro groups is 1. The lowest BCUT2D eigenvalue weighted by Crippen LogP contribution is -2.31. The van der Waals surface area contributed by atoms with Gasteiger partial charge in [0.2, 0.25) is 0 Å². The minimum atomic E-state index is -0.628. The molecular weight excluding hydrogens is 475 g/mol. The van der Waals surface area contributed by atoms with Crippen LogP contribution in [-0.2, 0) is 6.54 Å². The number of halogens is 2. The van der Waals surface area contributed by atoms with Gasteiger partial charge in [-0.3, -0.25) is 24.8 Å². The van der Waals surface area contributed by atoms with Crippen molar-refractivity contribution in [2.75, 3.05) is 12.0 Å². The first-order valence-electron chi connectivity index (χ1n) is 9.16. The normalized spacial score (nSPS) is 10.8. The number of rotatable bonds is 6. The molecule has 0 atom stereocenters. The quantitative estimate of drug-likeness (QED) is 0.252. The molecule has 162 valence electrons. The molecule has 1 amide bonds. The van der Waals surface area contributed by atoms with Gasteiger partial charge >= 0.3 is 0 Å². The molecule has 0 radical (unpaired) electrons. The van der Waals surface area contributed by atoms with E-state index in [0.29, 0.717) is 31.7 Å². The lowest BCUT2D eigenvalue weighted by molar-refractivity contribution is -0.385. The fourth-order valence-electron chi connectivity index (χ4n) is 3.11. The van der Waals surface area contributed by atoms with Crippen LogP contribution in [0.15, 0.2) is 54.9 Å². The van der Waals surface area contributed by atoms with E-state index >= 15 is 0 Å². The number of thiazole rings is 1. The monoisotopic (exact) mass is 488 g/mol. The van der Waals surface area contributed by atoms with Crippen molar-refractivity contribution in [1.29, 1.82) is 0 Å². The summed E-state index contributed by atoms with van der Waals surface area (Å²) in [7, 11) is 1.51. The van der Waals surface area contributed by atoms with E-state index in [-0.39, 0.29) is 22.8 Å². The Labute approximate surface area is 196 Å². The van der Waals surface area contributed by atoms with Crippen LogP contribution in [0, 0.1) is 10.1 Å². The summed E-state index contributed by atoms with van der Waals surface area (Å²) in [6, 6.07) is 10.7. The predicted octanol–water partition coefficient (Wildman–Crippen LogP) is 5.76. The number of aromatic nitrogens is 2. The molecule has 0 aliphatic carbocycles. The molecule has 0 unspecified atom stereocenters. The molecule has 0 aliphatic rings. The Hall–Kier alpha value is -3.27. The number of fused-ring (bicyclic) bond motifs is 1. The number of hydrogen-bond acceptors (Lipinski definition) is 7. The largest absolute Gasteiger partial charge is 0.494 e. The third kappa shape index (κ3) is 4.22. The lowest BCUT2D eigenvalue weighted by Gasteiger charge is -2.20. The van der Waals surface area contributed by atoms with Gasteiger partial charge < -0.3 is 4.74 Å². The molecule has 4 aromatic rings. The van der Waals surface area contributed by atoms with Gasteiger partial charge in [0.25, 0.3) is 11.6 Å². The number of methoxy groups -OCH3 is 1. The Morgan fingerprint density at radius 3 is 2.75 bits per heavy atom. The number of carbonyl (C=O) groups excluding carboxylic acids is 1. The SMILES string of the molecule is COc1ccc(Cl)c2sc(N(Cc3cccnc3)C(=O)c3cc(Cl)ccc3[N+](=O)[O-])nc12. The molecule has 2 aromatic carbocycles. The molecule has 11 heteroatoms. The second-order valence-electron chi connectivity index (χ2n) is 6.59. The van der Waals surface area contributed by atoms with Gasteiger partial charge in [0.1, 0.15) is 16.8 Å². The number of ether oxygens (including phenoxy) is 1. The van der Waals surface area contributed by atoms with Crippen LogP contribution in [0.5, 0.6) is 5.75 Å². The maximum absolute atomic E-state index is 13.6. The Balaban J connectivity index is 1.88. The maximum atomic E-state index is 13.6. The Morgan fingerprint density at radius 1 is 1.25 bits per heavy atom. The molecule has 2 heterocycles. The third-order valence-corrected chi connectivity index (χ3v) is 6.37. The van der Waals surface area contributed by atoms with Crippen molar-refractivity contribution >= 4 is 61.5 Å². The molecule has 0 N–H and O–H groups in total. The summed E-state index contributed by atoms with van der Waals surface area (Å²) in [4.78, 5) is 34.5. The van der Waals surface area contributed by atoms with Crippen LogP contribution in [0.2, 0.25) is 10.0 Å². The van der Waals surface area contributed by atoms with Crippen LogP contribution in [0.4, 0.5) is 10.8 Å². The number of carbonyl (C=O) groups is 1. The molecule has 32 heavy (non-hydrogen) atoms. The molecular formula is C21H14Cl2N4O4S. The average Bonchev–Trinajstić information content (AvgIpc) is 3.24. The highest BCUT2D eigenvalue weighted by atomic mass is 35.5. The minimum Gasteiger partial charge on any atom is -0.494 e. The number of nitro benzene ring substituents is 1. The Kier molecular flexibility index (Phi) is 6.22. The third-order valence-electron chi connectivity index (χ3n) is 4.59. The van der Waals surface area contributed by atoms with Gasteiger partial charge in [-0.05, 0) is 35.9 Å². The first-order chi connectivity index (χ1) is 15.4. The summed E-state index contributed by atoms with van der Waals surface area (Å²) < 4.78 is 6.00. The van der Waals surface area contributed by atoms with E-state index in [1.165, 1.54) is 41.5 Å². The highest BCUT2D eigenvalue weighted by molar-refractivity contribution is 7.23. The van der Waals surface area contributed by atoms with E-state index in [0.717, 1.165) is 0 Å². The average molecular weight is 489 g/mol. The molecule has 8 nitrogen and oxygen atoms in total. The highest BCUT2D eigenvalue weighted by Crippen LogP contribution is 2.40. The fourth-order valence-corrected chi connectivity index (χ4v) is 4.53. The predicted molar refractivity (Wildman–Crippen MR) is 124 cm³/mol. The van der Waals surface area contributed by atoms with Crippen LogP contribution in [0.1, 0.15) is 15.9 Å². The van der Waals surface area contributed by atoms with Crippen molar-refractivity contribution in [3.05, 3.63) is 86.1 Å². The van der Waals surface area contributed by atoms with Crippen molar-refractivity contribution in [3.8, 4) is 5.75 Å². The first-order valence-corrected chi connectivity index (χ1v) is 10.7. The van der Waals surface area contributed by atoms with E-state index in [1.807, 2.05) is 0 Å². The number of pyridine rings is 1. The number of anilines is 1. The van der Waals surface area contributed by atoms with Gasteiger partial charge in [-0.1, -0.05) is 40.6 Å². The lowest BCUT2D eigenvalue weighted by atomic mass is 10.1. The van der Waals surface area contributed by atoms with Crippen molar-refractivity contribution in [2.24, 2.45) is 0 Å². The van der Waals surface area contributed by atoms with Gasteiger partial charge in [0.15, 0.2) is 5.13 Å². The molecule has 4 rings (SSSR count). The highest BCUT2D eigenvalue weighted by Gasteiger charge is 2.29. The second kappa shape index (κ2) is 9.07. The summed E-state index contributed by atoms with van der Waals surface area (Å²) in [5.74, 6) is -0.133. The molecule has 0 saturated heterocycles. The standard InChI is InChI=1S/C21H14Cl2N4O4S/c1-31-17-7-5-15(23)19-18(17)25-21(32-19)26(11-12-3-2-8-24-10-12)20(28)14-9-13(22)4-6-16(14)27(29)30/h2-10H,11H2,1H3. The Bertz CT molecular complexity index is 1330. The number of nitrogens with zero attached hydrogens (tertiary/aromatic N) is 4. The summed E-state index contributed by atoms with van der Waals surface area (Å²) in [5.41, 5.74) is 0.698. The molecule has 0 saturated carbocycles. The molecule has 0 spiro atoms. The minimum absolute atomic E-state index is 0.0795. The van der Waals surface area contributed by atoms with E-state index < -0.39 is 10.8 Å². The number of benzene rings is 2. The smallest absolute Gasteiger partial charge is 0.282 e. The van der Waals surface area contributed by atoms with Crippen LogP contribution >= 0.6 is 34.5 Å². The maximum Gasteiger partial charge on any atom is 0.282 e. The summed E-state index contributed by atoms with van der Waals surface area (Å²) in [6.07, 6.45) is 3.22. The number of amides is 1. The van der Waals surface area contributed by atoms with Gasteiger partial charge in [-0.25, -0.2) is 4.98 Å². The van der Waals surface area contributed by atoms with Crippen LogP contribution < -0.4 is 9.64 Å². The van der Waals surface area contributed by atoms with Crippen molar-refractivity contribution in [2.45, 2.75) is 6.54 Å². The molecule has 2 aromatic heterocycles. The van der Waals surface area contributed by atoms with E-state index in [4.69, 9.17) is 27.9 Å². The zero-order valence-corrected chi connectivity index (χ0v) is 18.8. The van der Waals surface area contributed by atoms with Gasteiger partial charge in [0, 0.05) is 23.5 Å². The number of hydrogen-bond donors (Lipinski definition) is 0. The van der Waals surface area contributed by atoms with E-state index in [1.54, 1.807) is 36.7 Å². The van der Waals surface area contributed by atoms with E-state index in [9.17, 15) is 14.9 Å². The second-order valence-corrected chi connectivity index (χ2v) is 8.42. The fraction of sp³-hybridized carbons (Fsp3) is 0.0952. The van der Waals surface area contributed by atoms with Crippen molar-refractivity contribution in [3.63, 3.8) is 0 Å². The summed E-state index contributed by atoms with van der Waals surface area (Å²) in [6.45, 7) is 0.0795. The van der Waals surface area contributed by atoms with Crippen molar-refractivity contribution < 1.29 is 14.5 Å². The Morgan fingerprint density at radius 2 is 2.06 bits per heavy atom. The van der Waals surface area contributed by atoms with Crippen LogP contribution in [0.3, 0.4) is 0 Å². The summed E-state index contributed by atoms with van der Waals surface area (Å²) >= 11 is 13.6. The molecule has 0 bridgehead atoms. The van der Waals surface area contributed by atoms with Crippen molar-refractivity contribution in [1.82, 2.24) is 9.97 Å².